The van der Waals surface area contributed by atoms with E-state index in [1.807, 2.05) is 0 Å². The monoisotopic (exact) mass is 224 g/mol. The number of aliphatic hydroxyl groups is 2. The van der Waals surface area contributed by atoms with E-state index in [2.05, 4.69) is 0 Å². The third-order valence-corrected chi connectivity index (χ3v) is 1.49. The lowest BCUT2D eigenvalue weighted by molar-refractivity contribution is 0.127. The van der Waals surface area contributed by atoms with Crippen molar-refractivity contribution in [1.29, 1.82) is 0 Å². The Labute approximate surface area is 68.2 Å². The molecule has 0 spiro atoms. The maximum Gasteiger partial charge on any atom is 0.356 e. The number of rotatable bonds is 2. The van der Waals surface area contributed by atoms with Gasteiger partial charge in [-0.2, -0.15) is 0 Å². The van der Waals surface area contributed by atoms with Crippen LogP contribution in [0.5, 0.6) is 0 Å². The minimum absolute atomic E-state index is 0.912. The van der Waals surface area contributed by atoms with E-state index in [1.54, 1.807) is 0 Å². The van der Waals surface area contributed by atoms with Gasteiger partial charge in [-0.1, -0.05) is 0 Å². The summed E-state index contributed by atoms with van der Waals surface area (Å²) < 4.78 is 18.6. The molecule has 0 aromatic rings. The lowest BCUT2D eigenvalue weighted by Gasteiger charge is -2.06. The van der Waals surface area contributed by atoms with E-state index < -0.39 is 28.3 Å². The van der Waals surface area contributed by atoms with Crippen LogP contribution in [0.1, 0.15) is 0 Å². The van der Waals surface area contributed by atoms with Crippen LogP contribution in [0.4, 0.5) is 0 Å². The van der Waals surface area contributed by atoms with E-state index in [0.29, 0.717) is 0 Å². The van der Waals surface area contributed by atoms with Crippen molar-refractivity contribution in [1.82, 2.24) is 0 Å². The van der Waals surface area contributed by atoms with E-state index in [4.69, 9.17) is 34.4 Å². The van der Waals surface area contributed by atoms with Gasteiger partial charge in [-0.3, -0.25) is 9.13 Å². The molecule has 12 heavy (non-hydrogen) atoms. The Morgan fingerprint density at radius 3 is 1.58 bits per heavy atom. The Bertz CT molecular complexity index is 168. The zero-order chi connectivity index (χ0) is 10.4. The van der Waals surface area contributed by atoms with Gasteiger partial charge in [0.15, 0.2) is 5.85 Å². The molecule has 0 aliphatic carbocycles. The van der Waals surface area contributed by atoms with Crippen molar-refractivity contribution >= 4 is 15.9 Å². The fourth-order valence-corrected chi connectivity index (χ4v) is 0.319. The van der Waals surface area contributed by atoms with Gasteiger partial charge in [-0.25, -0.2) is 0 Å². The summed E-state index contributed by atoms with van der Waals surface area (Å²) in [7, 11) is -7.58. The van der Waals surface area contributed by atoms with Crippen LogP contribution in [0, 0.1) is 0 Å². The normalized spacial score (nSPS) is 13.6. The first-order chi connectivity index (χ1) is 5.21. The first-order valence-electron chi connectivity index (χ1n) is 2.47. The highest BCUT2D eigenvalue weighted by atomic mass is 31.2. The summed E-state index contributed by atoms with van der Waals surface area (Å²) in [5.74, 6) is -1.93. The van der Waals surface area contributed by atoms with Gasteiger partial charge in [-0.05, 0) is 0 Å². The van der Waals surface area contributed by atoms with Crippen LogP contribution in [0.25, 0.3) is 0 Å². The highest BCUT2D eigenvalue weighted by Gasteiger charge is 2.24. The smallest absolute Gasteiger partial charge is 0.356 e. The molecule has 1 atom stereocenters. The molecule has 6 N–H and O–H groups in total. The second-order valence-corrected chi connectivity index (χ2v) is 3.87. The van der Waals surface area contributed by atoms with Crippen LogP contribution >= 0.6 is 15.9 Å². The van der Waals surface area contributed by atoms with Crippen molar-refractivity contribution in [2.24, 2.45) is 0 Å². The third-order valence-electron chi connectivity index (χ3n) is 0.552. The molecule has 0 saturated heterocycles. The number of hydrogen-bond donors (Lipinski definition) is 6. The van der Waals surface area contributed by atoms with Gasteiger partial charge in [0.25, 0.3) is 0 Å². The molecule has 0 aromatic carbocycles. The molecule has 0 bridgehead atoms. The second kappa shape index (κ2) is 6.71. The molecule has 8 nitrogen and oxygen atoms in total. The SMILES string of the molecule is O=P(O)(O)C(O)CO.O=[PH](O)O. The van der Waals surface area contributed by atoms with Gasteiger partial charge in [0, 0.05) is 0 Å². The summed E-state index contributed by atoms with van der Waals surface area (Å²) in [5.41, 5.74) is 0. The molecule has 0 radical (unpaired) electrons. The molecular weight excluding hydrogens is 214 g/mol. The average Bonchev–Trinajstić information content (AvgIpc) is 1.82. The zero-order valence-corrected chi connectivity index (χ0v) is 7.63. The highest BCUT2D eigenvalue weighted by molar-refractivity contribution is 7.52. The molecule has 0 amide bonds. The van der Waals surface area contributed by atoms with Gasteiger partial charge >= 0.3 is 15.9 Å². The van der Waals surface area contributed by atoms with Gasteiger partial charge < -0.3 is 29.8 Å². The lowest BCUT2D eigenvalue weighted by atomic mass is 10.8. The van der Waals surface area contributed by atoms with Crippen LogP contribution in [-0.2, 0) is 9.13 Å². The first kappa shape index (κ1) is 14.7. The maximum absolute atomic E-state index is 9.85. The Morgan fingerprint density at radius 1 is 1.33 bits per heavy atom. The molecule has 0 rings (SSSR count). The highest BCUT2D eigenvalue weighted by Crippen LogP contribution is 2.38. The summed E-state index contributed by atoms with van der Waals surface area (Å²) >= 11 is 0. The average molecular weight is 224 g/mol. The van der Waals surface area contributed by atoms with Crippen LogP contribution in [0.15, 0.2) is 0 Å². The van der Waals surface area contributed by atoms with E-state index in [1.165, 1.54) is 0 Å². The first-order valence-corrected chi connectivity index (χ1v) is 5.46. The van der Waals surface area contributed by atoms with Crippen molar-refractivity contribution in [2.75, 3.05) is 6.61 Å². The predicted molar refractivity (Wildman–Crippen MR) is 38.6 cm³/mol. The van der Waals surface area contributed by atoms with Gasteiger partial charge in [0.05, 0.1) is 6.61 Å². The summed E-state index contributed by atoms with van der Waals surface area (Å²) in [5, 5.41) is 16.1. The Balaban J connectivity index is 0. The van der Waals surface area contributed by atoms with Crippen LogP contribution in [-0.4, -0.2) is 42.2 Å². The summed E-state index contributed by atoms with van der Waals surface area (Å²) in [6.07, 6.45) is 0. The van der Waals surface area contributed by atoms with Gasteiger partial charge in [-0.15, -0.1) is 0 Å². The molecule has 0 aliphatic rings. The second-order valence-electron chi connectivity index (χ2n) is 1.53. The van der Waals surface area contributed by atoms with Gasteiger partial charge in [0.2, 0.25) is 0 Å². The Morgan fingerprint density at radius 2 is 1.58 bits per heavy atom. The minimum Gasteiger partial charge on any atom is -0.393 e. The van der Waals surface area contributed by atoms with Crippen molar-refractivity contribution in [3.05, 3.63) is 0 Å². The molecule has 10 heteroatoms. The van der Waals surface area contributed by atoms with E-state index in [9.17, 15) is 4.57 Å². The van der Waals surface area contributed by atoms with Crippen LogP contribution < -0.4 is 0 Å². The molecular formula is C2H10O8P2. The Hall–Kier alpha value is 0.220. The molecule has 0 fully saturated rings. The standard InChI is InChI=1S/C2H7O5P.H3O3P/c3-1-2(4)8(5,6)7;1-4(2)3/h2-4H,1H2,(H2,5,6,7);4H,(H2,1,2,3). The predicted octanol–water partition coefficient (Wildman–Crippen LogP) is -2.16. The summed E-state index contributed by atoms with van der Waals surface area (Å²) in [6, 6.07) is 0. The van der Waals surface area contributed by atoms with Crippen molar-refractivity contribution < 1.29 is 38.9 Å². The quantitative estimate of drug-likeness (QED) is 0.289. The molecule has 0 aromatic heterocycles. The van der Waals surface area contributed by atoms with E-state index >= 15 is 0 Å². The lowest BCUT2D eigenvalue weighted by Crippen LogP contribution is -2.11. The topological polar surface area (TPSA) is 156 Å². The number of hydrogen-bond acceptors (Lipinski definition) is 4. The maximum atomic E-state index is 9.85. The third kappa shape index (κ3) is 12.9. The van der Waals surface area contributed by atoms with Crippen molar-refractivity contribution in [3.8, 4) is 0 Å². The molecule has 0 aliphatic heterocycles. The van der Waals surface area contributed by atoms with Crippen molar-refractivity contribution in [3.63, 3.8) is 0 Å². The molecule has 0 heterocycles. The Kier molecular flexibility index (Phi) is 8.23. The van der Waals surface area contributed by atoms with E-state index in [-0.39, 0.29) is 0 Å². The van der Waals surface area contributed by atoms with E-state index in [0.717, 1.165) is 0 Å². The molecule has 76 valence electrons. The fourth-order valence-electron chi connectivity index (χ4n) is 0.106. The summed E-state index contributed by atoms with van der Waals surface area (Å²) in [6.45, 7) is -0.912. The molecule has 1 unspecified atom stereocenters. The summed E-state index contributed by atoms with van der Waals surface area (Å²) in [4.78, 5) is 30.3. The van der Waals surface area contributed by atoms with Crippen LogP contribution in [0.3, 0.4) is 0 Å². The van der Waals surface area contributed by atoms with Crippen molar-refractivity contribution in [2.45, 2.75) is 5.85 Å². The largest absolute Gasteiger partial charge is 0.393 e. The van der Waals surface area contributed by atoms with Crippen LogP contribution in [0.2, 0.25) is 0 Å². The fraction of sp³-hybridized carbons (Fsp3) is 1.00. The zero-order valence-electron chi connectivity index (χ0n) is 5.73. The minimum atomic E-state index is -4.45. The number of aliphatic hydroxyl groups excluding tert-OH is 2. The van der Waals surface area contributed by atoms with Gasteiger partial charge in [0.1, 0.15) is 0 Å². The molecule has 0 saturated carbocycles.